The predicted octanol–water partition coefficient (Wildman–Crippen LogP) is 0.641. The number of ether oxygens (including phenoxy) is 1. The fraction of sp³-hybridized carbons (Fsp3) is 0.533. The molecule has 1 saturated heterocycles. The zero-order chi connectivity index (χ0) is 16.5. The highest BCUT2D eigenvalue weighted by atomic mass is 16.5. The Bertz CT molecular complexity index is 833. The van der Waals surface area contributed by atoms with Crippen LogP contribution in [0.2, 0.25) is 0 Å². The quantitative estimate of drug-likeness (QED) is 0.694. The van der Waals surface area contributed by atoms with E-state index >= 15 is 0 Å². The van der Waals surface area contributed by atoms with Crippen LogP contribution in [0, 0.1) is 0 Å². The van der Waals surface area contributed by atoms with Crippen LogP contribution in [-0.2, 0) is 13.6 Å². The van der Waals surface area contributed by atoms with E-state index in [0.29, 0.717) is 11.8 Å². The van der Waals surface area contributed by atoms with E-state index in [4.69, 9.17) is 4.74 Å². The average molecular weight is 328 g/mol. The monoisotopic (exact) mass is 328 g/mol. The maximum atomic E-state index is 5.21. The van der Waals surface area contributed by atoms with Gasteiger partial charge in [-0.1, -0.05) is 5.21 Å². The smallest absolute Gasteiger partial charge is 0.231 e. The molecule has 3 aromatic heterocycles. The van der Waals surface area contributed by atoms with Crippen LogP contribution in [0.5, 0.6) is 5.88 Å². The van der Waals surface area contributed by atoms with Crippen LogP contribution >= 0.6 is 0 Å². The molecular formula is C15H20N8O. The van der Waals surface area contributed by atoms with Gasteiger partial charge in [0.2, 0.25) is 5.88 Å². The summed E-state index contributed by atoms with van der Waals surface area (Å²) in [6.45, 7) is 2.90. The van der Waals surface area contributed by atoms with Crippen LogP contribution in [-0.4, -0.2) is 59.9 Å². The zero-order valence-electron chi connectivity index (χ0n) is 13.8. The standard InChI is InChI=1S/C15H20N8O/c1-21-12(9-16-20-21)10-22-7-5-11(6-8-22)15-18-17-13-3-4-14(24-2)19-23(13)15/h3-4,9,11H,5-8,10H2,1-2H3. The van der Waals surface area contributed by atoms with Crippen LogP contribution in [0.3, 0.4) is 0 Å². The lowest BCUT2D eigenvalue weighted by atomic mass is 9.96. The first-order chi connectivity index (χ1) is 11.7. The van der Waals surface area contributed by atoms with Gasteiger partial charge in [-0.15, -0.1) is 20.4 Å². The topological polar surface area (TPSA) is 86.3 Å². The molecule has 0 spiro atoms. The molecule has 24 heavy (non-hydrogen) atoms. The normalized spacial score (nSPS) is 16.8. The lowest BCUT2D eigenvalue weighted by molar-refractivity contribution is 0.196. The Balaban J connectivity index is 1.47. The Morgan fingerprint density at radius 3 is 2.75 bits per heavy atom. The van der Waals surface area contributed by atoms with E-state index in [9.17, 15) is 0 Å². The summed E-state index contributed by atoms with van der Waals surface area (Å²) in [6, 6.07) is 3.69. The fourth-order valence-corrected chi connectivity index (χ4v) is 3.18. The van der Waals surface area contributed by atoms with Crippen molar-refractivity contribution in [1.29, 1.82) is 0 Å². The first-order valence-corrected chi connectivity index (χ1v) is 8.07. The van der Waals surface area contributed by atoms with Gasteiger partial charge in [-0.2, -0.15) is 4.52 Å². The number of fused-ring (bicyclic) bond motifs is 1. The van der Waals surface area contributed by atoms with Crippen molar-refractivity contribution in [2.75, 3.05) is 20.2 Å². The number of hydrogen-bond donors (Lipinski definition) is 0. The average Bonchev–Trinajstić information content (AvgIpc) is 3.21. The molecule has 3 aromatic rings. The van der Waals surface area contributed by atoms with Gasteiger partial charge in [0.25, 0.3) is 0 Å². The van der Waals surface area contributed by atoms with E-state index in [2.05, 4.69) is 30.5 Å². The van der Waals surface area contributed by atoms with Crippen LogP contribution in [0.15, 0.2) is 18.3 Å². The maximum absolute atomic E-state index is 5.21. The van der Waals surface area contributed by atoms with Crippen molar-refractivity contribution >= 4 is 5.65 Å². The SMILES string of the molecule is COc1ccc2nnc(C3CCN(Cc4cnnn4C)CC3)n2n1. The summed E-state index contributed by atoms with van der Waals surface area (Å²) in [4.78, 5) is 2.42. The highest BCUT2D eigenvalue weighted by Gasteiger charge is 2.25. The molecule has 4 heterocycles. The van der Waals surface area contributed by atoms with Crippen LogP contribution in [0.4, 0.5) is 0 Å². The van der Waals surface area contributed by atoms with Gasteiger partial charge in [-0.25, -0.2) is 0 Å². The second kappa shape index (κ2) is 6.16. The molecule has 0 amide bonds. The molecule has 1 fully saturated rings. The number of nitrogens with zero attached hydrogens (tertiary/aromatic N) is 8. The van der Waals surface area contributed by atoms with Crippen molar-refractivity contribution in [3.05, 3.63) is 29.8 Å². The molecule has 9 nitrogen and oxygen atoms in total. The molecule has 0 aliphatic carbocycles. The number of likely N-dealkylation sites (tertiary alicyclic amines) is 1. The van der Waals surface area contributed by atoms with Crippen molar-refractivity contribution < 1.29 is 4.74 Å². The predicted molar refractivity (Wildman–Crippen MR) is 85.6 cm³/mol. The van der Waals surface area contributed by atoms with E-state index in [1.54, 1.807) is 13.2 Å². The molecule has 1 aliphatic heterocycles. The van der Waals surface area contributed by atoms with Crippen LogP contribution in [0.25, 0.3) is 5.65 Å². The van der Waals surface area contributed by atoms with Gasteiger partial charge in [0.15, 0.2) is 11.5 Å². The Kier molecular flexibility index (Phi) is 3.85. The second-order valence-corrected chi connectivity index (χ2v) is 6.10. The molecule has 0 bridgehead atoms. The summed E-state index contributed by atoms with van der Waals surface area (Å²) >= 11 is 0. The van der Waals surface area contributed by atoms with E-state index in [1.165, 1.54) is 0 Å². The Hall–Kier alpha value is -2.55. The molecule has 0 N–H and O–H groups in total. The third-order valence-electron chi connectivity index (χ3n) is 4.62. The van der Waals surface area contributed by atoms with E-state index in [1.807, 2.05) is 28.5 Å². The van der Waals surface area contributed by atoms with Crippen molar-refractivity contribution in [2.24, 2.45) is 7.05 Å². The highest BCUT2D eigenvalue weighted by molar-refractivity contribution is 5.38. The minimum atomic E-state index is 0.362. The fourth-order valence-electron chi connectivity index (χ4n) is 3.18. The van der Waals surface area contributed by atoms with E-state index in [-0.39, 0.29) is 0 Å². The van der Waals surface area contributed by atoms with Crippen molar-refractivity contribution in [3.63, 3.8) is 0 Å². The summed E-state index contributed by atoms with van der Waals surface area (Å²) in [5.74, 6) is 1.86. The lowest BCUT2D eigenvalue weighted by Crippen LogP contribution is -2.33. The van der Waals surface area contributed by atoms with Gasteiger partial charge in [-0.05, 0) is 32.0 Å². The number of rotatable bonds is 4. The molecule has 1 aliphatic rings. The molecule has 0 aromatic carbocycles. The molecular weight excluding hydrogens is 308 g/mol. The van der Waals surface area contributed by atoms with E-state index < -0.39 is 0 Å². The first-order valence-electron chi connectivity index (χ1n) is 8.07. The summed E-state index contributed by atoms with van der Waals surface area (Å²) in [7, 11) is 3.54. The maximum Gasteiger partial charge on any atom is 0.231 e. The Morgan fingerprint density at radius 2 is 2.04 bits per heavy atom. The first kappa shape index (κ1) is 15.0. The molecule has 4 rings (SSSR count). The molecule has 0 saturated carbocycles. The summed E-state index contributed by atoms with van der Waals surface area (Å²) < 4.78 is 8.85. The van der Waals surface area contributed by atoms with Crippen LogP contribution < -0.4 is 4.74 Å². The minimum Gasteiger partial charge on any atom is -0.480 e. The van der Waals surface area contributed by atoms with Gasteiger partial charge in [0.1, 0.15) is 0 Å². The summed E-state index contributed by atoms with van der Waals surface area (Å²) in [5, 5.41) is 21.0. The Morgan fingerprint density at radius 1 is 1.21 bits per heavy atom. The number of hydrogen-bond acceptors (Lipinski definition) is 7. The van der Waals surface area contributed by atoms with E-state index in [0.717, 1.165) is 49.6 Å². The molecule has 9 heteroatoms. The molecule has 0 unspecified atom stereocenters. The minimum absolute atomic E-state index is 0.362. The lowest BCUT2D eigenvalue weighted by Gasteiger charge is -2.30. The van der Waals surface area contributed by atoms with Crippen molar-refractivity contribution in [3.8, 4) is 5.88 Å². The highest BCUT2D eigenvalue weighted by Crippen LogP contribution is 2.27. The van der Waals surface area contributed by atoms with Crippen LogP contribution in [0.1, 0.15) is 30.3 Å². The number of aromatic nitrogens is 7. The number of aryl methyl sites for hydroxylation is 1. The van der Waals surface area contributed by atoms with Gasteiger partial charge in [0.05, 0.1) is 19.0 Å². The van der Waals surface area contributed by atoms with Crippen molar-refractivity contribution in [2.45, 2.75) is 25.3 Å². The zero-order valence-corrected chi connectivity index (χ0v) is 13.8. The molecule has 0 radical (unpaired) electrons. The molecule has 126 valence electrons. The van der Waals surface area contributed by atoms with Gasteiger partial charge >= 0.3 is 0 Å². The van der Waals surface area contributed by atoms with Gasteiger partial charge in [0, 0.05) is 25.6 Å². The number of piperidine rings is 1. The van der Waals surface area contributed by atoms with Crippen molar-refractivity contribution in [1.82, 2.24) is 39.7 Å². The largest absolute Gasteiger partial charge is 0.480 e. The summed E-state index contributed by atoms with van der Waals surface area (Å²) in [5.41, 5.74) is 1.89. The third kappa shape index (κ3) is 2.71. The second-order valence-electron chi connectivity index (χ2n) is 6.10. The third-order valence-corrected chi connectivity index (χ3v) is 4.62. The van der Waals surface area contributed by atoms with Gasteiger partial charge in [-0.3, -0.25) is 9.58 Å². The summed E-state index contributed by atoms with van der Waals surface area (Å²) in [6.07, 6.45) is 3.89. The number of methoxy groups -OCH3 is 1. The molecule has 0 atom stereocenters. The van der Waals surface area contributed by atoms with Gasteiger partial charge < -0.3 is 4.74 Å². The Labute approximate surface area is 139 Å².